The van der Waals surface area contributed by atoms with Crippen LogP contribution in [-0.4, -0.2) is 19.9 Å². The van der Waals surface area contributed by atoms with Gasteiger partial charge in [0.2, 0.25) is 0 Å². The first kappa shape index (κ1) is 17.2. The number of aromatic amines is 2. The van der Waals surface area contributed by atoms with Gasteiger partial charge in [-0.1, -0.05) is 12.1 Å². The van der Waals surface area contributed by atoms with Crippen LogP contribution in [0.2, 0.25) is 0 Å². The first-order chi connectivity index (χ1) is 14.2. The number of aromatic nitrogens is 4. The van der Waals surface area contributed by atoms with E-state index in [9.17, 15) is 4.79 Å². The molecule has 0 aliphatic carbocycles. The maximum atomic E-state index is 12.4. The second kappa shape index (κ2) is 6.91. The van der Waals surface area contributed by atoms with Crippen molar-refractivity contribution in [3.63, 3.8) is 0 Å². The second-order valence-electron chi connectivity index (χ2n) is 7.13. The van der Waals surface area contributed by atoms with Crippen molar-refractivity contribution in [1.29, 1.82) is 0 Å². The lowest BCUT2D eigenvalue weighted by Gasteiger charge is -2.07. The molecule has 6 heteroatoms. The average molecular weight is 381 g/mol. The smallest absolute Gasteiger partial charge is 0.253 e. The first-order valence-corrected chi connectivity index (χ1v) is 9.42. The average Bonchev–Trinajstić information content (AvgIpc) is 3.16. The zero-order chi connectivity index (χ0) is 19.8. The minimum atomic E-state index is -0.0721. The van der Waals surface area contributed by atoms with Crippen molar-refractivity contribution in [3.8, 4) is 11.4 Å². The van der Waals surface area contributed by atoms with Gasteiger partial charge in [-0.05, 0) is 60.3 Å². The van der Waals surface area contributed by atoms with Crippen LogP contribution in [0.15, 0.2) is 71.8 Å². The molecule has 3 aromatic heterocycles. The molecule has 5 aromatic rings. The highest BCUT2D eigenvalue weighted by Gasteiger charge is 2.07. The van der Waals surface area contributed by atoms with Crippen LogP contribution in [-0.2, 0) is 6.54 Å². The van der Waals surface area contributed by atoms with E-state index in [1.54, 1.807) is 12.4 Å². The van der Waals surface area contributed by atoms with Crippen LogP contribution in [0.25, 0.3) is 33.3 Å². The van der Waals surface area contributed by atoms with Gasteiger partial charge in [0.1, 0.15) is 5.82 Å². The molecule has 2 aromatic carbocycles. The Morgan fingerprint density at radius 1 is 1.00 bits per heavy atom. The first-order valence-electron chi connectivity index (χ1n) is 9.42. The summed E-state index contributed by atoms with van der Waals surface area (Å²) < 4.78 is 0. The summed E-state index contributed by atoms with van der Waals surface area (Å²) in [5.74, 6) is 0.784. The summed E-state index contributed by atoms with van der Waals surface area (Å²) in [5, 5.41) is 4.36. The highest BCUT2D eigenvalue weighted by atomic mass is 16.1. The van der Waals surface area contributed by atoms with Crippen LogP contribution in [0.5, 0.6) is 0 Å². The van der Waals surface area contributed by atoms with Crippen LogP contribution in [0.1, 0.15) is 11.1 Å². The van der Waals surface area contributed by atoms with Gasteiger partial charge in [-0.25, -0.2) is 4.98 Å². The second-order valence-corrected chi connectivity index (χ2v) is 7.13. The van der Waals surface area contributed by atoms with Gasteiger partial charge in [-0.3, -0.25) is 9.78 Å². The van der Waals surface area contributed by atoms with Gasteiger partial charge < -0.3 is 15.3 Å². The number of H-pyrrole nitrogens is 2. The topological polar surface area (TPSA) is 86.5 Å². The molecule has 29 heavy (non-hydrogen) atoms. The molecular weight excluding hydrogens is 362 g/mol. The van der Waals surface area contributed by atoms with E-state index in [0.717, 1.165) is 44.6 Å². The normalized spacial score (nSPS) is 11.2. The van der Waals surface area contributed by atoms with E-state index in [4.69, 9.17) is 0 Å². The maximum Gasteiger partial charge on any atom is 0.253 e. The molecule has 0 atom stereocenters. The quantitative estimate of drug-likeness (QED) is 0.431. The monoisotopic (exact) mass is 381 g/mol. The fourth-order valence-corrected chi connectivity index (χ4v) is 3.45. The van der Waals surface area contributed by atoms with Crippen LogP contribution in [0.4, 0.5) is 5.69 Å². The summed E-state index contributed by atoms with van der Waals surface area (Å²) in [7, 11) is 0. The molecule has 142 valence electrons. The standard InChI is InChI=1S/C23H19N5O/c1-14-4-5-15-10-17(23(29)28-20(15)9-14)13-25-18-6-7-19-21(11-18)27-22(26-19)16-3-2-8-24-12-16/h2-12,25H,13H2,1H3,(H,26,27)(H,28,29). The van der Waals surface area contributed by atoms with E-state index >= 15 is 0 Å². The van der Waals surface area contributed by atoms with Crippen molar-refractivity contribution in [2.75, 3.05) is 5.32 Å². The summed E-state index contributed by atoms with van der Waals surface area (Å²) in [6.07, 6.45) is 3.52. The van der Waals surface area contributed by atoms with Crippen molar-refractivity contribution in [3.05, 3.63) is 88.5 Å². The fraction of sp³-hybridized carbons (Fsp3) is 0.0870. The number of imidazole rings is 1. The molecule has 0 aliphatic rings. The lowest BCUT2D eigenvalue weighted by Crippen LogP contribution is -2.15. The van der Waals surface area contributed by atoms with Crippen molar-refractivity contribution >= 4 is 27.6 Å². The molecule has 0 fully saturated rings. The third-order valence-electron chi connectivity index (χ3n) is 4.98. The largest absolute Gasteiger partial charge is 0.381 e. The number of aryl methyl sites for hydroxylation is 1. The molecule has 0 saturated heterocycles. The van der Waals surface area contributed by atoms with Gasteiger partial charge in [0.05, 0.1) is 11.0 Å². The molecule has 0 aliphatic heterocycles. The molecule has 3 heterocycles. The Kier molecular flexibility index (Phi) is 4.09. The molecule has 0 bridgehead atoms. The Labute approximate surface area is 166 Å². The van der Waals surface area contributed by atoms with Gasteiger partial charge in [0, 0.05) is 41.3 Å². The number of rotatable bonds is 4. The number of fused-ring (bicyclic) bond motifs is 2. The van der Waals surface area contributed by atoms with E-state index in [0.29, 0.717) is 12.1 Å². The third kappa shape index (κ3) is 3.36. The Morgan fingerprint density at radius 2 is 1.93 bits per heavy atom. The molecule has 3 N–H and O–H groups in total. The Bertz CT molecular complexity index is 1390. The van der Waals surface area contributed by atoms with E-state index in [1.165, 1.54) is 0 Å². The Balaban J connectivity index is 1.40. The van der Waals surface area contributed by atoms with Crippen LogP contribution in [0.3, 0.4) is 0 Å². The molecule has 0 saturated carbocycles. The zero-order valence-electron chi connectivity index (χ0n) is 15.9. The van der Waals surface area contributed by atoms with Crippen LogP contribution in [0, 0.1) is 6.92 Å². The SMILES string of the molecule is Cc1ccc2cc(CNc3ccc4nc(-c5cccnc5)[nH]c4c3)c(=O)[nH]c2c1. The number of nitrogens with zero attached hydrogens (tertiary/aromatic N) is 2. The summed E-state index contributed by atoms with van der Waals surface area (Å²) in [5.41, 5.74) is 6.28. The molecule has 0 spiro atoms. The van der Waals surface area contributed by atoms with E-state index < -0.39 is 0 Å². The lowest BCUT2D eigenvalue weighted by molar-refractivity contribution is 1.09. The van der Waals surface area contributed by atoms with Crippen molar-refractivity contribution in [1.82, 2.24) is 19.9 Å². The number of benzene rings is 2. The minimum Gasteiger partial charge on any atom is -0.381 e. The lowest BCUT2D eigenvalue weighted by atomic mass is 10.1. The highest BCUT2D eigenvalue weighted by Crippen LogP contribution is 2.22. The summed E-state index contributed by atoms with van der Waals surface area (Å²) in [6.45, 7) is 2.45. The molecule has 0 unspecified atom stereocenters. The Morgan fingerprint density at radius 3 is 2.79 bits per heavy atom. The molecular formula is C23H19N5O. The maximum absolute atomic E-state index is 12.4. The number of pyridine rings is 2. The Hall–Kier alpha value is -3.93. The summed E-state index contributed by atoms with van der Waals surface area (Å²) in [4.78, 5) is 27.5. The van der Waals surface area contributed by atoms with Crippen molar-refractivity contribution < 1.29 is 0 Å². The fourth-order valence-electron chi connectivity index (χ4n) is 3.45. The number of hydrogen-bond acceptors (Lipinski definition) is 4. The summed E-state index contributed by atoms with van der Waals surface area (Å²) in [6, 6.07) is 17.8. The number of nitrogens with one attached hydrogen (secondary N) is 3. The highest BCUT2D eigenvalue weighted by molar-refractivity contribution is 5.83. The minimum absolute atomic E-state index is 0.0721. The van der Waals surface area contributed by atoms with E-state index in [-0.39, 0.29) is 5.56 Å². The number of hydrogen-bond donors (Lipinski definition) is 3. The van der Waals surface area contributed by atoms with E-state index in [1.807, 2.05) is 61.5 Å². The van der Waals surface area contributed by atoms with Gasteiger partial charge in [0.15, 0.2) is 0 Å². The summed E-state index contributed by atoms with van der Waals surface area (Å²) >= 11 is 0. The van der Waals surface area contributed by atoms with Crippen molar-refractivity contribution in [2.24, 2.45) is 0 Å². The van der Waals surface area contributed by atoms with Gasteiger partial charge >= 0.3 is 0 Å². The number of anilines is 1. The van der Waals surface area contributed by atoms with E-state index in [2.05, 4.69) is 25.3 Å². The predicted molar refractivity (Wildman–Crippen MR) is 116 cm³/mol. The van der Waals surface area contributed by atoms with Crippen molar-refractivity contribution in [2.45, 2.75) is 13.5 Å². The van der Waals surface area contributed by atoms with Gasteiger partial charge in [-0.15, -0.1) is 0 Å². The predicted octanol–water partition coefficient (Wildman–Crippen LogP) is 4.39. The molecule has 5 rings (SSSR count). The van der Waals surface area contributed by atoms with Crippen LogP contribution >= 0.6 is 0 Å². The third-order valence-corrected chi connectivity index (χ3v) is 4.98. The molecule has 0 radical (unpaired) electrons. The molecule has 0 amide bonds. The zero-order valence-corrected chi connectivity index (χ0v) is 15.9. The van der Waals surface area contributed by atoms with Gasteiger partial charge in [-0.2, -0.15) is 0 Å². The van der Waals surface area contributed by atoms with Crippen LogP contribution < -0.4 is 10.9 Å². The van der Waals surface area contributed by atoms with Gasteiger partial charge in [0.25, 0.3) is 5.56 Å². The molecule has 6 nitrogen and oxygen atoms in total.